The maximum Gasteiger partial charge on any atom is 0.105 e. The van der Waals surface area contributed by atoms with E-state index in [-0.39, 0.29) is 6.04 Å². The smallest absolute Gasteiger partial charge is 0.105 e. The lowest BCUT2D eigenvalue weighted by Crippen LogP contribution is -2.24. The second-order valence-corrected chi connectivity index (χ2v) is 3.14. The predicted octanol–water partition coefficient (Wildman–Crippen LogP) is 0.985. The second-order valence-electron chi connectivity index (χ2n) is 3.14. The van der Waals surface area contributed by atoms with Crippen LogP contribution in [0.3, 0.4) is 0 Å². The van der Waals surface area contributed by atoms with Gasteiger partial charge in [0, 0.05) is 12.6 Å². The molecule has 0 saturated heterocycles. The maximum atomic E-state index is 12.1. The molecule has 13 heavy (non-hydrogen) atoms. The van der Waals surface area contributed by atoms with E-state index < -0.39 is 6.67 Å². The molecule has 4 N–H and O–H groups in total. The summed E-state index contributed by atoms with van der Waals surface area (Å²) < 4.78 is 12.1. The minimum absolute atomic E-state index is 0.385. The van der Waals surface area contributed by atoms with E-state index >= 15 is 0 Å². The molecule has 0 saturated carbocycles. The second kappa shape index (κ2) is 4.94. The van der Waals surface area contributed by atoms with Gasteiger partial charge in [0.1, 0.15) is 6.67 Å². The zero-order valence-corrected chi connectivity index (χ0v) is 7.54. The van der Waals surface area contributed by atoms with Gasteiger partial charge in [-0.25, -0.2) is 4.39 Å². The molecule has 1 atom stereocenters. The molecule has 0 radical (unpaired) electrons. The van der Waals surface area contributed by atoms with E-state index in [1.807, 2.05) is 24.3 Å². The highest BCUT2D eigenvalue weighted by Crippen LogP contribution is 2.05. The molecule has 0 aromatic heterocycles. The summed E-state index contributed by atoms with van der Waals surface area (Å²) in [5.41, 5.74) is 13.1. The minimum Gasteiger partial charge on any atom is -0.326 e. The molecule has 72 valence electrons. The third kappa shape index (κ3) is 3.13. The number of nitrogens with two attached hydrogens (primary N) is 2. The fourth-order valence-electron chi connectivity index (χ4n) is 1.17. The molecule has 0 amide bonds. The Balaban J connectivity index is 2.58. The third-order valence-electron chi connectivity index (χ3n) is 1.95. The summed E-state index contributed by atoms with van der Waals surface area (Å²) in [4.78, 5) is 0. The van der Waals surface area contributed by atoms with Crippen molar-refractivity contribution in [3.63, 3.8) is 0 Å². The van der Waals surface area contributed by atoms with E-state index in [1.165, 1.54) is 0 Å². The average Bonchev–Trinajstić information content (AvgIpc) is 2.19. The first-order valence-corrected chi connectivity index (χ1v) is 4.35. The van der Waals surface area contributed by atoms with Gasteiger partial charge in [-0.3, -0.25) is 0 Å². The molecule has 3 heteroatoms. The van der Waals surface area contributed by atoms with E-state index in [2.05, 4.69) is 0 Å². The van der Waals surface area contributed by atoms with Crippen molar-refractivity contribution in [2.45, 2.75) is 19.0 Å². The molecule has 0 fully saturated rings. The Kier molecular flexibility index (Phi) is 3.86. The number of rotatable bonds is 4. The number of alkyl halides is 1. The van der Waals surface area contributed by atoms with E-state index in [0.29, 0.717) is 13.0 Å². The summed E-state index contributed by atoms with van der Waals surface area (Å²) in [5, 5.41) is 0. The molecule has 0 spiro atoms. The summed E-state index contributed by atoms with van der Waals surface area (Å²) in [6.07, 6.45) is 0.585. The number of hydrogen-bond donors (Lipinski definition) is 2. The van der Waals surface area contributed by atoms with Crippen molar-refractivity contribution >= 4 is 0 Å². The molecule has 0 aliphatic heterocycles. The Morgan fingerprint density at radius 2 is 1.69 bits per heavy atom. The van der Waals surface area contributed by atoms with Gasteiger partial charge in [0.25, 0.3) is 0 Å². The lowest BCUT2D eigenvalue weighted by atomic mass is 10.1. The zero-order valence-electron chi connectivity index (χ0n) is 7.54. The first kappa shape index (κ1) is 10.2. The third-order valence-corrected chi connectivity index (χ3v) is 1.95. The largest absolute Gasteiger partial charge is 0.326 e. The summed E-state index contributed by atoms with van der Waals surface area (Å²) >= 11 is 0. The number of halogens is 1. The van der Waals surface area contributed by atoms with Gasteiger partial charge in [0.2, 0.25) is 0 Å². The van der Waals surface area contributed by atoms with Gasteiger partial charge in [0.15, 0.2) is 0 Å². The van der Waals surface area contributed by atoms with Crippen LogP contribution in [0.1, 0.15) is 11.1 Å². The standard InChI is InChI=1S/C10H15FN2/c11-6-10(13)5-8-1-3-9(7-12)4-2-8/h1-4,10H,5-7,12-13H2/t10-/m0/s1. The van der Waals surface area contributed by atoms with Crippen molar-refractivity contribution in [2.75, 3.05) is 6.67 Å². The molecule has 0 unspecified atom stereocenters. The fraction of sp³-hybridized carbons (Fsp3) is 0.400. The van der Waals surface area contributed by atoms with Crippen molar-refractivity contribution < 1.29 is 4.39 Å². The van der Waals surface area contributed by atoms with Gasteiger partial charge in [-0.1, -0.05) is 24.3 Å². The van der Waals surface area contributed by atoms with Crippen LogP contribution >= 0.6 is 0 Å². The minimum atomic E-state index is -0.474. The van der Waals surface area contributed by atoms with Crippen molar-refractivity contribution in [2.24, 2.45) is 11.5 Å². The average molecular weight is 182 g/mol. The van der Waals surface area contributed by atoms with Crippen LogP contribution in [0.15, 0.2) is 24.3 Å². The quantitative estimate of drug-likeness (QED) is 0.729. The van der Waals surface area contributed by atoms with Crippen molar-refractivity contribution in [3.8, 4) is 0 Å². The number of benzene rings is 1. The molecule has 0 aliphatic rings. The zero-order chi connectivity index (χ0) is 9.68. The van der Waals surface area contributed by atoms with E-state index in [0.717, 1.165) is 11.1 Å². The molecule has 2 nitrogen and oxygen atoms in total. The van der Waals surface area contributed by atoms with Crippen LogP contribution in [-0.4, -0.2) is 12.7 Å². The Morgan fingerprint density at radius 3 is 2.15 bits per heavy atom. The highest BCUT2D eigenvalue weighted by Gasteiger charge is 2.02. The molecular weight excluding hydrogens is 167 g/mol. The Labute approximate surface area is 77.7 Å². The topological polar surface area (TPSA) is 52.0 Å². The van der Waals surface area contributed by atoms with E-state index in [4.69, 9.17) is 11.5 Å². The molecule has 1 rings (SSSR count). The molecule has 1 aromatic carbocycles. The summed E-state index contributed by atoms with van der Waals surface area (Å²) in [7, 11) is 0. The maximum absolute atomic E-state index is 12.1. The normalized spacial score (nSPS) is 12.8. The Bertz CT molecular complexity index is 246. The van der Waals surface area contributed by atoms with Crippen molar-refractivity contribution in [3.05, 3.63) is 35.4 Å². The lowest BCUT2D eigenvalue weighted by Gasteiger charge is -2.07. The van der Waals surface area contributed by atoms with Crippen molar-refractivity contribution in [1.82, 2.24) is 0 Å². The van der Waals surface area contributed by atoms with Crippen LogP contribution in [-0.2, 0) is 13.0 Å². The summed E-state index contributed by atoms with van der Waals surface area (Å²) in [6, 6.07) is 7.39. The monoisotopic (exact) mass is 182 g/mol. The van der Waals surface area contributed by atoms with Crippen LogP contribution in [0.5, 0.6) is 0 Å². The predicted molar refractivity (Wildman–Crippen MR) is 52.0 cm³/mol. The summed E-state index contributed by atoms with van der Waals surface area (Å²) in [6.45, 7) is 0.0636. The summed E-state index contributed by atoms with van der Waals surface area (Å²) in [5.74, 6) is 0. The molecule has 0 heterocycles. The highest BCUT2D eigenvalue weighted by molar-refractivity contribution is 5.22. The van der Waals surface area contributed by atoms with Gasteiger partial charge < -0.3 is 11.5 Å². The molecule has 0 aliphatic carbocycles. The lowest BCUT2D eigenvalue weighted by molar-refractivity contribution is 0.427. The van der Waals surface area contributed by atoms with E-state index in [1.54, 1.807) is 0 Å². The van der Waals surface area contributed by atoms with Gasteiger partial charge in [-0.2, -0.15) is 0 Å². The molecular formula is C10H15FN2. The first-order chi connectivity index (χ1) is 6.26. The molecule has 1 aromatic rings. The number of hydrogen-bond acceptors (Lipinski definition) is 2. The SMILES string of the molecule is NCc1ccc(C[C@H](N)CF)cc1. The Morgan fingerprint density at radius 1 is 1.15 bits per heavy atom. The van der Waals surface area contributed by atoms with Crippen LogP contribution < -0.4 is 11.5 Å². The van der Waals surface area contributed by atoms with E-state index in [9.17, 15) is 4.39 Å². The Hall–Kier alpha value is -0.930. The first-order valence-electron chi connectivity index (χ1n) is 4.35. The van der Waals surface area contributed by atoms with Gasteiger partial charge >= 0.3 is 0 Å². The van der Waals surface area contributed by atoms with Crippen LogP contribution in [0.4, 0.5) is 4.39 Å². The van der Waals surface area contributed by atoms with Crippen LogP contribution in [0.25, 0.3) is 0 Å². The van der Waals surface area contributed by atoms with Crippen molar-refractivity contribution in [1.29, 1.82) is 0 Å². The van der Waals surface area contributed by atoms with Crippen LogP contribution in [0.2, 0.25) is 0 Å². The van der Waals surface area contributed by atoms with Crippen LogP contribution in [0, 0.1) is 0 Å². The van der Waals surface area contributed by atoms with Gasteiger partial charge in [-0.15, -0.1) is 0 Å². The van der Waals surface area contributed by atoms with Gasteiger partial charge in [-0.05, 0) is 17.5 Å². The highest BCUT2D eigenvalue weighted by atomic mass is 19.1. The molecule has 0 bridgehead atoms. The fourth-order valence-corrected chi connectivity index (χ4v) is 1.17. The van der Waals surface area contributed by atoms with Gasteiger partial charge in [0.05, 0.1) is 0 Å².